The van der Waals surface area contributed by atoms with Crippen molar-refractivity contribution < 1.29 is 12.8 Å². The first kappa shape index (κ1) is 19.7. The molecule has 0 amide bonds. The normalized spacial score (nSPS) is 12.5. The summed E-state index contributed by atoms with van der Waals surface area (Å²) in [5, 5.41) is 0.719. The van der Waals surface area contributed by atoms with Gasteiger partial charge in [-0.3, -0.25) is 4.98 Å². The second-order valence-electron chi connectivity index (χ2n) is 6.53. The third kappa shape index (κ3) is 4.34. The van der Waals surface area contributed by atoms with Gasteiger partial charge in [-0.2, -0.15) is 12.8 Å². The Labute approximate surface area is 174 Å². The smallest absolute Gasteiger partial charge is 0.255 e. The molecule has 6 heteroatoms. The van der Waals surface area contributed by atoms with Crippen LogP contribution in [0.3, 0.4) is 0 Å². The number of allylic oxidation sites excluding steroid dienone is 1. The highest BCUT2D eigenvalue weighted by molar-refractivity contribution is 7.90. The summed E-state index contributed by atoms with van der Waals surface area (Å²) in [6.45, 7) is 0. The molecule has 0 fully saturated rings. The van der Waals surface area contributed by atoms with Gasteiger partial charge in [0.05, 0.1) is 11.2 Å². The first-order valence-electron chi connectivity index (χ1n) is 9.21. The lowest BCUT2D eigenvalue weighted by Gasteiger charge is -2.06. The van der Waals surface area contributed by atoms with E-state index in [0.29, 0.717) is 11.1 Å². The van der Waals surface area contributed by atoms with Gasteiger partial charge in [-0.15, -0.1) is 0 Å². The van der Waals surface area contributed by atoms with Crippen molar-refractivity contribution >= 4 is 32.7 Å². The molecule has 0 N–H and O–H groups in total. The summed E-state index contributed by atoms with van der Waals surface area (Å²) >= 11 is 0. The summed E-state index contributed by atoms with van der Waals surface area (Å²) in [7, 11) is -4.03. The van der Waals surface area contributed by atoms with E-state index in [1.165, 1.54) is 18.2 Å². The monoisotopic (exact) mass is 416 g/mol. The van der Waals surface area contributed by atoms with Gasteiger partial charge in [-0.1, -0.05) is 66.7 Å². The minimum atomic E-state index is -4.03. The number of nitrogens with zero attached hydrogens (tertiary/aromatic N) is 2. The van der Waals surface area contributed by atoms with Gasteiger partial charge in [0.15, 0.2) is 0 Å². The van der Waals surface area contributed by atoms with Crippen LogP contribution in [0.1, 0.15) is 11.1 Å². The molecule has 1 heterocycles. The van der Waals surface area contributed by atoms with Gasteiger partial charge < -0.3 is 0 Å². The summed E-state index contributed by atoms with van der Waals surface area (Å²) < 4.78 is 43.6. The van der Waals surface area contributed by atoms with Crippen molar-refractivity contribution in [2.75, 3.05) is 0 Å². The maximum atomic E-state index is 13.2. The lowest BCUT2D eigenvalue weighted by molar-refractivity contribution is 0.598. The molecule has 0 saturated heterocycles. The van der Waals surface area contributed by atoms with Crippen molar-refractivity contribution in [1.82, 2.24) is 4.98 Å². The topological polar surface area (TPSA) is 59.4 Å². The summed E-state index contributed by atoms with van der Waals surface area (Å²) in [6, 6.07) is 23.5. The van der Waals surface area contributed by atoms with Crippen LogP contribution in [0.2, 0.25) is 0 Å². The van der Waals surface area contributed by atoms with Crippen LogP contribution < -0.4 is 0 Å². The fourth-order valence-corrected chi connectivity index (χ4v) is 4.19. The number of para-hydroxylation sites is 1. The summed E-state index contributed by atoms with van der Waals surface area (Å²) in [5.74, 6) is -0.338. The predicted octanol–water partition coefficient (Wildman–Crippen LogP) is 5.27. The molecule has 0 saturated carbocycles. The van der Waals surface area contributed by atoms with Crippen LogP contribution in [0.15, 0.2) is 106 Å². The number of benzene rings is 3. The Balaban J connectivity index is 1.82. The molecule has 0 atom stereocenters. The third-order valence-corrected chi connectivity index (χ3v) is 5.79. The molecular weight excluding hydrogens is 399 g/mol. The molecule has 148 valence electrons. The molecule has 30 heavy (non-hydrogen) atoms. The fraction of sp³-hybridized carbons (Fsp3) is 0. The van der Waals surface area contributed by atoms with E-state index < -0.39 is 10.0 Å². The first-order chi connectivity index (χ1) is 14.5. The van der Waals surface area contributed by atoms with Gasteiger partial charge >= 0.3 is 0 Å². The van der Waals surface area contributed by atoms with Gasteiger partial charge in [0.2, 0.25) is 0 Å². The van der Waals surface area contributed by atoms with E-state index in [9.17, 15) is 12.8 Å². The number of halogens is 1. The Kier molecular flexibility index (Phi) is 5.50. The minimum Gasteiger partial charge on any atom is -0.255 e. The molecule has 3 aromatic carbocycles. The number of pyridine rings is 1. The van der Waals surface area contributed by atoms with Crippen LogP contribution in [0.25, 0.3) is 17.0 Å². The quantitative estimate of drug-likeness (QED) is 0.417. The zero-order valence-corrected chi connectivity index (χ0v) is 16.6. The van der Waals surface area contributed by atoms with Crippen LogP contribution >= 0.6 is 0 Å². The van der Waals surface area contributed by atoms with E-state index in [1.807, 2.05) is 18.2 Å². The Morgan fingerprint density at radius 3 is 2.37 bits per heavy atom. The van der Waals surface area contributed by atoms with Gasteiger partial charge in [-0.25, -0.2) is 4.39 Å². The van der Waals surface area contributed by atoms with E-state index in [-0.39, 0.29) is 16.4 Å². The van der Waals surface area contributed by atoms with Crippen molar-refractivity contribution in [1.29, 1.82) is 0 Å². The van der Waals surface area contributed by atoms with Crippen LogP contribution in [-0.2, 0) is 10.0 Å². The second kappa shape index (κ2) is 8.39. The fourth-order valence-electron chi connectivity index (χ4n) is 3.00. The van der Waals surface area contributed by atoms with Gasteiger partial charge in [0.1, 0.15) is 10.7 Å². The van der Waals surface area contributed by atoms with Crippen molar-refractivity contribution in [2.45, 2.75) is 4.90 Å². The maximum absolute atomic E-state index is 13.2. The number of hydrogen-bond donors (Lipinski definition) is 0. The van der Waals surface area contributed by atoms with Gasteiger partial charge in [0.25, 0.3) is 10.0 Å². The van der Waals surface area contributed by atoms with Crippen LogP contribution in [0.4, 0.5) is 4.39 Å². The molecule has 0 spiro atoms. The Bertz CT molecular complexity index is 1340. The van der Waals surface area contributed by atoms with Crippen molar-refractivity contribution in [3.63, 3.8) is 0 Å². The molecule has 0 aliphatic carbocycles. The lowest BCUT2D eigenvalue weighted by atomic mass is 10.1. The summed E-state index contributed by atoms with van der Waals surface area (Å²) in [4.78, 5) is 4.27. The van der Waals surface area contributed by atoms with Gasteiger partial charge in [-0.05, 0) is 35.9 Å². The summed E-state index contributed by atoms with van der Waals surface area (Å²) in [6.07, 6.45) is 4.86. The molecule has 0 aliphatic heterocycles. The van der Waals surface area contributed by atoms with Crippen molar-refractivity contribution in [3.05, 3.63) is 114 Å². The van der Waals surface area contributed by atoms with Crippen molar-refractivity contribution in [2.24, 2.45) is 4.40 Å². The highest BCUT2D eigenvalue weighted by atomic mass is 32.2. The Hall–Kier alpha value is -3.64. The molecule has 0 radical (unpaired) electrons. The Morgan fingerprint density at radius 2 is 1.60 bits per heavy atom. The van der Waals surface area contributed by atoms with Crippen molar-refractivity contribution in [3.8, 4) is 0 Å². The highest BCUT2D eigenvalue weighted by Gasteiger charge is 2.18. The molecule has 1 aromatic heterocycles. The number of hydrogen-bond acceptors (Lipinski definition) is 3. The average Bonchev–Trinajstić information content (AvgIpc) is 2.78. The molecule has 0 unspecified atom stereocenters. The zero-order valence-electron chi connectivity index (χ0n) is 15.8. The van der Waals surface area contributed by atoms with Crippen LogP contribution in [-0.4, -0.2) is 19.1 Å². The van der Waals surface area contributed by atoms with Crippen LogP contribution in [0.5, 0.6) is 0 Å². The Morgan fingerprint density at radius 1 is 0.867 bits per heavy atom. The predicted molar refractivity (Wildman–Crippen MR) is 117 cm³/mol. The number of sulfonamides is 1. The molecule has 0 aliphatic rings. The van der Waals surface area contributed by atoms with E-state index in [1.54, 1.807) is 66.9 Å². The van der Waals surface area contributed by atoms with E-state index in [0.717, 1.165) is 10.9 Å². The number of aromatic nitrogens is 1. The van der Waals surface area contributed by atoms with E-state index in [4.69, 9.17) is 0 Å². The minimum absolute atomic E-state index is 0.0456. The second-order valence-corrected chi connectivity index (χ2v) is 8.11. The molecule has 4 aromatic rings. The van der Waals surface area contributed by atoms with E-state index >= 15 is 0 Å². The standard InChI is InChI=1S/C24H17FN2O2S/c25-21-14-11-18(12-15-21)13-16-22(19-6-2-1-3-7-19)27-30(28,29)23-10-4-8-20-9-5-17-26-24(20)23/h1-17H/b16-13+,27-22-. The molecule has 0 bridgehead atoms. The molecule has 4 rings (SSSR count). The first-order valence-corrected chi connectivity index (χ1v) is 10.6. The lowest BCUT2D eigenvalue weighted by Crippen LogP contribution is -2.05. The largest absolute Gasteiger partial charge is 0.285 e. The highest BCUT2D eigenvalue weighted by Crippen LogP contribution is 2.23. The zero-order chi connectivity index (χ0) is 21.0. The van der Waals surface area contributed by atoms with Gasteiger partial charge in [0, 0.05) is 17.1 Å². The summed E-state index contributed by atoms with van der Waals surface area (Å²) in [5.41, 5.74) is 2.02. The molecule has 4 nitrogen and oxygen atoms in total. The number of fused-ring (bicyclic) bond motifs is 1. The SMILES string of the molecule is O=S(=O)(/N=C(/C=C/c1ccc(F)cc1)c1ccccc1)c1cccc2cccnc12. The third-order valence-electron chi connectivity index (χ3n) is 4.47. The number of rotatable bonds is 5. The average molecular weight is 416 g/mol. The van der Waals surface area contributed by atoms with Crippen LogP contribution in [0, 0.1) is 5.82 Å². The maximum Gasteiger partial charge on any atom is 0.285 e. The molecular formula is C24H17FN2O2S. The van der Waals surface area contributed by atoms with E-state index in [2.05, 4.69) is 9.38 Å².